The number of carbonyl (C=O) groups excluding carboxylic acids is 4. The van der Waals surface area contributed by atoms with E-state index in [4.69, 9.17) is 33.1 Å². The van der Waals surface area contributed by atoms with E-state index in [0.29, 0.717) is 12.8 Å². The molecule has 69 heavy (non-hydrogen) atoms. The number of ether oxygens (including phenoxy) is 4. The Bertz CT molecular complexity index is 1270. The van der Waals surface area contributed by atoms with Crippen molar-refractivity contribution in [2.75, 3.05) is 52.7 Å². The van der Waals surface area contributed by atoms with Crippen LogP contribution in [0.2, 0.25) is 0 Å². The van der Waals surface area contributed by atoms with Gasteiger partial charge in [0.05, 0.1) is 32.8 Å². The first-order valence-electron chi connectivity index (χ1n) is 26.4. The zero-order valence-electron chi connectivity index (χ0n) is 43.7. The van der Waals surface area contributed by atoms with E-state index in [1.807, 2.05) is 0 Å². The first-order chi connectivity index (χ1) is 32.5. The number of hydrogen-bond donors (Lipinski definition) is 4. The van der Waals surface area contributed by atoms with Gasteiger partial charge in [-0.3, -0.25) is 23.7 Å². The Kier molecular flexibility index (Phi) is 55.9. The van der Waals surface area contributed by atoms with Gasteiger partial charge in [-0.2, -0.15) is 0 Å². The molecule has 2 atom stereocenters. The normalized spacial score (nSPS) is 12.2. The molecule has 0 bridgehead atoms. The largest absolute Gasteiger partial charge is 1.00 e. The average Bonchev–Trinajstić information content (AvgIpc) is 3.30. The van der Waals surface area contributed by atoms with Crippen LogP contribution in [0.5, 0.6) is 0 Å². The quantitative estimate of drug-likeness (QED) is 0.0147. The number of hydrogen-bond acceptors (Lipinski definition) is 14. The van der Waals surface area contributed by atoms with Crippen molar-refractivity contribution in [3.63, 3.8) is 0 Å². The van der Waals surface area contributed by atoms with Crippen LogP contribution in [0.25, 0.3) is 0 Å². The number of carbonyl (C=O) groups is 5. The van der Waals surface area contributed by atoms with Crippen LogP contribution in [0.15, 0.2) is 0 Å². The molecule has 1 unspecified atom stereocenters. The number of esters is 2. The minimum atomic E-state index is -4.90. The molecular weight excluding hydrogens is 921 g/mol. The molecule has 0 rings (SSSR count). The van der Waals surface area contributed by atoms with Crippen molar-refractivity contribution < 1.29 is 96.1 Å². The van der Waals surface area contributed by atoms with Crippen molar-refractivity contribution in [2.45, 2.75) is 238 Å². The van der Waals surface area contributed by atoms with Gasteiger partial charge in [0.2, 0.25) is 5.91 Å². The van der Waals surface area contributed by atoms with Crippen molar-refractivity contribution in [1.82, 2.24) is 16.8 Å². The maximum atomic E-state index is 12.8. The average molecular weight is 1020 g/mol. The Morgan fingerprint density at radius 2 is 0.913 bits per heavy atom. The smallest absolute Gasteiger partial charge is 0.756 e. The van der Waals surface area contributed by atoms with Crippen molar-refractivity contribution in [1.29, 1.82) is 0 Å². The fourth-order valence-electron chi connectivity index (χ4n) is 7.34. The van der Waals surface area contributed by atoms with Gasteiger partial charge in [0.15, 0.2) is 6.10 Å². The Hall–Kier alpha value is -1.82. The molecule has 0 radical (unpaired) electrons. The Morgan fingerprint density at radius 3 is 1.36 bits per heavy atom. The first kappa shape index (κ1) is 71.4. The fraction of sp³-hybridized carbons (Fsp3) is 0.900. The summed E-state index contributed by atoms with van der Waals surface area (Å²) in [6.07, 6.45) is 34.1. The minimum Gasteiger partial charge on any atom is -0.756 e. The molecule has 0 heterocycles. The Morgan fingerprint density at radius 1 is 0.493 bits per heavy atom. The van der Waals surface area contributed by atoms with E-state index in [0.717, 1.165) is 38.5 Å². The van der Waals surface area contributed by atoms with E-state index in [9.17, 15) is 33.4 Å². The molecule has 0 fully saturated rings. The summed E-state index contributed by atoms with van der Waals surface area (Å²) in [5, 5.41) is 13.4. The molecular formula is C50H97N3NaO14P. The number of amides is 2. The number of unbranched alkanes of at least 4 members (excludes halogenated alkanes) is 28. The third kappa shape index (κ3) is 55.3. The van der Waals surface area contributed by atoms with Gasteiger partial charge in [0.1, 0.15) is 13.2 Å². The van der Waals surface area contributed by atoms with Crippen LogP contribution in [0.1, 0.15) is 232 Å². The molecule has 2 amide bonds. The summed E-state index contributed by atoms with van der Waals surface area (Å²) in [4.78, 5) is 71.8. The summed E-state index contributed by atoms with van der Waals surface area (Å²) >= 11 is 0. The monoisotopic (exact) mass is 1020 g/mol. The summed E-state index contributed by atoms with van der Waals surface area (Å²) in [5.74, 6) is -2.47. The molecule has 0 aliphatic rings. The molecule has 19 heteroatoms. The predicted octanol–water partition coefficient (Wildman–Crippen LogP) is 8.36. The number of rotatable bonds is 51. The van der Waals surface area contributed by atoms with Crippen LogP contribution in [0.3, 0.4) is 0 Å². The van der Waals surface area contributed by atoms with Gasteiger partial charge in [-0.05, 0) is 12.8 Å². The van der Waals surface area contributed by atoms with Crippen LogP contribution in [0, 0.1) is 0 Å². The first-order valence-corrected chi connectivity index (χ1v) is 27.9. The number of nitrogens with one attached hydrogen (secondary N) is 2. The third-order valence-corrected chi connectivity index (χ3v) is 12.3. The minimum absolute atomic E-state index is 0. The van der Waals surface area contributed by atoms with Gasteiger partial charge in [-0.25, -0.2) is 4.79 Å². The Labute approximate surface area is 439 Å². The molecule has 0 saturated carbocycles. The zero-order valence-corrected chi connectivity index (χ0v) is 46.6. The van der Waals surface area contributed by atoms with E-state index in [-0.39, 0.29) is 101 Å². The van der Waals surface area contributed by atoms with Crippen LogP contribution in [0.4, 0.5) is 4.79 Å². The second kappa shape index (κ2) is 54.0. The molecule has 0 aliphatic carbocycles. The van der Waals surface area contributed by atoms with E-state index in [1.54, 1.807) is 0 Å². The zero-order chi connectivity index (χ0) is 49.3. The van der Waals surface area contributed by atoms with Crippen LogP contribution in [-0.2, 0) is 51.7 Å². The summed E-state index contributed by atoms with van der Waals surface area (Å²) in [6, 6.07) is 0. The number of phosphoric ester groups is 1. The van der Waals surface area contributed by atoms with Crippen molar-refractivity contribution >= 4 is 37.7 Å². The van der Waals surface area contributed by atoms with E-state index in [2.05, 4.69) is 24.5 Å². The second-order valence-corrected chi connectivity index (χ2v) is 19.1. The molecule has 0 aromatic rings. The van der Waals surface area contributed by atoms with Crippen LogP contribution >= 0.6 is 7.82 Å². The molecule has 0 aliphatic heterocycles. The van der Waals surface area contributed by atoms with Gasteiger partial charge in [0.25, 0.3) is 7.82 Å². The fourth-order valence-corrected chi connectivity index (χ4v) is 8.08. The predicted molar refractivity (Wildman–Crippen MR) is 265 cm³/mol. The molecule has 6 N–H and O–H groups in total. The molecule has 0 saturated heterocycles. The topological polar surface area (TPSA) is 260 Å². The van der Waals surface area contributed by atoms with Crippen LogP contribution < -0.4 is 51.2 Å². The summed E-state index contributed by atoms with van der Waals surface area (Å²) in [5.41, 5.74) is 0. The van der Waals surface area contributed by atoms with Crippen molar-refractivity contribution in [3.8, 4) is 0 Å². The molecule has 402 valence electrons. The molecule has 0 aromatic carbocycles. The summed E-state index contributed by atoms with van der Waals surface area (Å²) in [6.45, 7) is 3.01. The number of aliphatic carboxylic acids is 1. The SMILES string of the molecule is CCCCCCCCCCCCCCCCCC(=O)OC[C@@H](COP(=O)([O-])OCCNC(=O)OCCOCCNC(=O)CCC(=O)O)OC(=O)CCCCCCCCCCCCCCCCC.N.[Na+]. The molecule has 17 nitrogen and oxygen atoms in total. The number of alkyl carbamates (subject to hydrolysis) is 1. The van der Waals surface area contributed by atoms with Gasteiger partial charge in [-0.1, -0.05) is 194 Å². The van der Waals surface area contributed by atoms with Crippen molar-refractivity contribution in [3.05, 3.63) is 0 Å². The standard InChI is InChI=1S/C50H95N2O14P.H3N.Na/c1-3-5-7-9-11-13-15-17-19-21-23-25-27-29-31-33-48(56)63-43-45(66-49(57)34-32-30-28-26-24-22-20-18-16-14-12-10-8-6-4-2)44-65-67(59,60)64-40-38-52-50(58)62-42-41-61-39-37-51-46(53)35-36-47(54)55;;/h45H,3-44H2,1-2H3,(H,51,53)(H,52,58)(H,54,55)(H,59,60);1H3;/q;;+1/p-1/t45-;;/m0../s1. The molecule has 0 spiro atoms. The molecule has 0 aromatic heterocycles. The number of carboxylic acids is 1. The summed E-state index contributed by atoms with van der Waals surface area (Å²) in [7, 11) is -4.90. The Balaban J connectivity index is -0.0000218. The van der Waals surface area contributed by atoms with E-state index >= 15 is 0 Å². The second-order valence-electron chi connectivity index (χ2n) is 17.7. The van der Waals surface area contributed by atoms with E-state index < -0.39 is 57.0 Å². The van der Waals surface area contributed by atoms with Gasteiger partial charge in [0, 0.05) is 32.4 Å². The van der Waals surface area contributed by atoms with Crippen molar-refractivity contribution in [2.24, 2.45) is 0 Å². The number of phosphoric acid groups is 1. The van der Waals surface area contributed by atoms with Gasteiger partial charge in [-0.15, -0.1) is 0 Å². The maximum absolute atomic E-state index is 12.8. The third-order valence-electron chi connectivity index (χ3n) is 11.3. The summed E-state index contributed by atoms with van der Waals surface area (Å²) < 4.78 is 43.5. The van der Waals surface area contributed by atoms with E-state index in [1.165, 1.54) is 141 Å². The maximum Gasteiger partial charge on any atom is 1.00 e. The van der Waals surface area contributed by atoms with Gasteiger partial charge < -0.3 is 54.8 Å². The number of carboxylic acid groups (broad SMARTS) is 1. The van der Waals surface area contributed by atoms with Crippen LogP contribution in [-0.4, -0.2) is 93.8 Å². The van der Waals surface area contributed by atoms with Gasteiger partial charge >= 0.3 is 53.6 Å².